The molecular weight excluding hydrogens is 925 g/mol. The Balaban J connectivity index is 0.666. The molecular formula is C51H53F2N7O9S. The van der Waals surface area contributed by atoms with Gasteiger partial charge in [-0.1, -0.05) is 54.6 Å². The van der Waals surface area contributed by atoms with Crippen molar-refractivity contribution in [2.75, 3.05) is 57.1 Å². The van der Waals surface area contributed by atoms with Crippen LogP contribution in [0.1, 0.15) is 59.2 Å². The number of nitrogens with one attached hydrogen (secondary N) is 2. The number of carbonyl (C=O) groups excluding carboxylic acids is 3. The molecule has 1 aliphatic carbocycles. The molecule has 9 rings (SSSR count). The third-order valence-electron chi connectivity index (χ3n) is 12.8. The van der Waals surface area contributed by atoms with E-state index >= 15 is 0 Å². The largest absolute Gasteiger partial charge is 0.586 e. The normalized spacial score (nSPS) is 16.3. The molecule has 16 nitrogen and oxygen atoms in total. The van der Waals surface area contributed by atoms with Crippen LogP contribution in [0.4, 0.5) is 14.6 Å². The number of thioether (sulfide) groups is 1. The highest BCUT2D eigenvalue weighted by Gasteiger charge is 2.53. The number of anilines is 1. The van der Waals surface area contributed by atoms with Crippen molar-refractivity contribution < 1.29 is 47.2 Å². The summed E-state index contributed by atoms with van der Waals surface area (Å²) < 4.78 is 50.8. The van der Waals surface area contributed by atoms with E-state index in [0.29, 0.717) is 111 Å². The highest BCUT2D eigenvalue weighted by Crippen LogP contribution is 2.52. The summed E-state index contributed by atoms with van der Waals surface area (Å²) in [6.07, 6.45) is 0.596. The van der Waals surface area contributed by atoms with Crippen molar-refractivity contribution in [3.8, 4) is 22.8 Å². The van der Waals surface area contributed by atoms with Gasteiger partial charge in [0.05, 0.1) is 54.7 Å². The van der Waals surface area contributed by atoms with Gasteiger partial charge < -0.3 is 39.6 Å². The molecule has 0 bridgehead atoms. The Kier molecular flexibility index (Phi) is 14.3. The maximum absolute atomic E-state index is 13.6. The summed E-state index contributed by atoms with van der Waals surface area (Å²) in [5.41, 5.74) is 2.30. The first-order valence-electron chi connectivity index (χ1n) is 23.3. The SMILES string of the molecule is Cc1ccc(NC(=O)C2(c3ccc4c(c3)OC(F)(F)O4)CC2)nc1-c1cccc(C(=O)NCCOCCOCCSc2ccc3c(=O)n(CC4(O)CCN(C(=O)CCc5ccccc5)CC4)cnn23)c1. The predicted octanol–water partition coefficient (Wildman–Crippen LogP) is 6.40. The van der Waals surface area contributed by atoms with Crippen molar-refractivity contribution in [1.82, 2.24) is 29.4 Å². The van der Waals surface area contributed by atoms with E-state index in [1.54, 1.807) is 45.8 Å². The van der Waals surface area contributed by atoms with Crippen LogP contribution in [0.25, 0.3) is 16.8 Å². The summed E-state index contributed by atoms with van der Waals surface area (Å²) in [7, 11) is 0. The lowest BCUT2D eigenvalue weighted by Crippen LogP contribution is -2.49. The number of piperidine rings is 1. The number of likely N-dealkylation sites (tertiary alicyclic amines) is 1. The number of alkyl halides is 2. The van der Waals surface area contributed by atoms with Gasteiger partial charge in [-0.05, 0) is 98.2 Å². The van der Waals surface area contributed by atoms with Gasteiger partial charge in [0.25, 0.3) is 11.5 Å². The second-order valence-electron chi connectivity index (χ2n) is 17.8. The average molecular weight is 978 g/mol. The number of amides is 3. The number of carbonyl (C=O) groups is 3. The molecule has 3 N–H and O–H groups in total. The number of halogens is 2. The molecule has 0 spiro atoms. The number of nitrogens with zero attached hydrogens (tertiary/aromatic N) is 5. The van der Waals surface area contributed by atoms with Gasteiger partial charge in [0.2, 0.25) is 11.8 Å². The average Bonchev–Trinajstić information content (AvgIpc) is 3.97. The van der Waals surface area contributed by atoms with E-state index in [1.165, 1.54) is 34.8 Å². The van der Waals surface area contributed by atoms with Crippen molar-refractivity contribution in [1.29, 1.82) is 0 Å². The van der Waals surface area contributed by atoms with Crippen molar-refractivity contribution in [3.05, 3.63) is 136 Å². The van der Waals surface area contributed by atoms with E-state index in [1.807, 2.05) is 55.5 Å². The van der Waals surface area contributed by atoms with Crippen molar-refractivity contribution in [3.63, 3.8) is 0 Å². The van der Waals surface area contributed by atoms with Gasteiger partial charge in [0, 0.05) is 42.9 Å². The first kappa shape index (κ1) is 48.4. The zero-order chi connectivity index (χ0) is 48.9. The molecule has 0 unspecified atom stereocenters. The fourth-order valence-corrected chi connectivity index (χ4v) is 9.59. The number of aryl methyl sites for hydroxylation is 2. The minimum atomic E-state index is -3.75. The lowest BCUT2D eigenvalue weighted by atomic mass is 9.91. The molecule has 0 atom stereocenters. The smallest absolute Gasteiger partial charge is 0.395 e. The van der Waals surface area contributed by atoms with E-state index in [4.69, 9.17) is 14.5 Å². The summed E-state index contributed by atoms with van der Waals surface area (Å²) in [4.78, 5) is 59.4. The Bertz CT molecular complexity index is 2940. The second kappa shape index (κ2) is 20.7. The maximum Gasteiger partial charge on any atom is 0.586 e. The van der Waals surface area contributed by atoms with E-state index in [0.717, 1.165) is 16.2 Å². The van der Waals surface area contributed by atoms with Gasteiger partial charge in [-0.25, -0.2) is 9.50 Å². The summed E-state index contributed by atoms with van der Waals surface area (Å²) in [5.74, 6) is 0.178. The van der Waals surface area contributed by atoms with Crippen LogP contribution in [-0.2, 0) is 37.4 Å². The number of rotatable bonds is 20. The van der Waals surface area contributed by atoms with Crippen molar-refractivity contribution in [2.24, 2.45) is 0 Å². The van der Waals surface area contributed by atoms with E-state index < -0.39 is 17.3 Å². The first-order valence-corrected chi connectivity index (χ1v) is 24.2. The second-order valence-corrected chi connectivity index (χ2v) is 18.9. The number of fused-ring (bicyclic) bond motifs is 2. The zero-order valence-electron chi connectivity index (χ0n) is 38.5. The van der Waals surface area contributed by atoms with E-state index in [-0.39, 0.29) is 54.5 Å². The van der Waals surface area contributed by atoms with Gasteiger partial charge in [0.15, 0.2) is 11.5 Å². The molecule has 1 saturated carbocycles. The van der Waals surface area contributed by atoms with Crippen LogP contribution in [0.3, 0.4) is 0 Å². The number of hydrogen-bond acceptors (Lipinski definition) is 12. The van der Waals surface area contributed by atoms with Gasteiger partial charge in [-0.3, -0.25) is 23.7 Å². The van der Waals surface area contributed by atoms with Crippen LogP contribution in [-0.4, -0.2) is 111 Å². The van der Waals surface area contributed by atoms with Crippen LogP contribution < -0.4 is 25.7 Å². The molecule has 3 aromatic heterocycles. The lowest BCUT2D eigenvalue weighted by Gasteiger charge is -2.38. The summed E-state index contributed by atoms with van der Waals surface area (Å²) in [5, 5.41) is 22.4. The summed E-state index contributed by atoms with van der Waals surface area (Å²) in [6.45, 7) is 4.50. The number of benzene rings is 3. The highest BCUT2D eigenvalue weighted by atomic mass is 32.2. The fourth-order valence-electron chi connectivity index (χ4n) is 8.75. The van der Waals surface area contributed by atoms with Crippen LogP contribution in [0, 0.1) is 6.92 Å². The Morgan fingerprint density at radius 1 is 0.857 bits per heavy atom. The molecule has 19 heteroatoms. The van der Waals surface area contributed by atoms with E-state index in [2.05, 4.69) is 25.2 Å². The quantitative estimate of drug-likeness (QED) is 0.0566. The molecule has 3 aromatic carbocycles. The molecule has 70 heavy (non-hydrogen) atoms. The fraction of sp³-hybridized carbons (Fsp3) is 0.373. The van der Waals surface area contributed by atoms with E-state index in [9.17, 15) is 33.1 Å². The number of hydrogen-bond donors (Lipinski definition) is 3. The molecule has 2 aliphatic heterocycles. The molecule has 2 fully saturated rings. The molecule has 3 aliphatic rings. The van der Waals surface area contributed by atoms with Gasteiger partial charge >= 0.3 is 6.29 Å². The Hall–Kier alpha value is -6.67. The number of aromatic nitrogens is 4. The van der Waals surface area contributed by atoms with Gasteiger partial charge in [0.1, 0.15) is 17.7 Å². The Labute approximate surface area is 406 Å². The standard InChI is InChI=1S/C51H53F2N7O9S/c1-34-10-15-42(57-48(64)50(18-19-50)38-12-14-40-41(31-38)69-51(52,53)68-40)56-45(34)36-8-5-9-37(30-36)46(62)54-22-25-66-26-27-67-28-29-70-44-17-13-39-47(63)59(33-55-60(39)44)32-49(65)20-23-58(24-21-49)43(61)16-11-35-6-3-2-4-7-35/h2-10,12-15,17,30-31,33,65H,11,16,18-29,32H2,1H3,(H,54,62)(H,56,57,64). The highest BCUT2D eigenvalue weighted by molar-refractivity contribution is 7.99. The summed E-state index contributed by atoms with van der Waals surface area (Å²) in [6, 6.07) is 28.4. The van der Waals surface area contributed by atoms with Crippen LogP contribution >= 0.6 is 11.8 Å². The topological polar surface area (TPSA) is 188 Å². The van der Waals surface area contributed by atoms with Crippen molar-refractivity contribution >= 4 is 40.8 Å². The number of ether oxygens (including phenoxy) is 4. The van der Waals surface area contributed by atoms with Gasteiger partial charge in [-0.15, -0.1) is 20.5 Å². The van der Waals surface area contributed by atoms with Crippen LogP contribution in [0.2, 0.25) is 0 Å². The lowest BCUT2D eigenvalue weighted by molar-refractivity contribution is -0.286. The van der Waals surface area contributed by atoms with Gasteiger partial charge in [-0.2, -0.15) is 5.10 Å². The number of pyridine rings is 1. The third-order valence-corrected chi connectivity index (χ3v) is 13.8. The molecule has 3 amide bonds. The predicted molar refractivity (Wildman–Crippen MR) is 256 cm³/mol. The molecule has 6 aromatic rings. The molecule has 5 heterocycles. The monoisotopic (exact) mass is 977 g/mol. The first-order chi connectivity index (χ1) is 33.8. The molecule has 1 saturated heterocycles. The minimum absolute atomic E-state index is 0.0665. The third kappa shape index (κ3) is 11.2. The summed E-state index contributed by atoms with van der Waals surface area (Å²) >= 11 is 1.50. The molecule has 366 valence electrons. The van der Waals surface area contributed by atoms with Crippen LogP contribution in [0.5, 0.6) is 11.5 Å². The van der Waals surface area contributed by atoms with Crippen LogP contribution in [0.15, 0.2) is 113 Å². The minimum Gasteiger partial charge on any atom is -0.395 e. The number of aliphatic hydroxyl groups is 1. The van der Waals surface area contributed by atoms with Crippen molar-refractivity contribution in [2.45, 2.75) is 74.3 Å². The molecule has 0 radical (unpaired) electrons. The Morgan fingerprint density at radius 3 is 2.41 bits per heavy atom. The Morgan fingerprint density at radius 2 is 1.63 bits per heavy atom. The maximum atomic E-state index is 13.6. The zero-order valence-corrected chi connectivity index (χ0v) is 39.4.